The largest absolute Gasteiger partial charge is 0.393 e. The van der Waals surface area contributed by atoms with Gasteiger partial charge in [0, 0.05) is 31.2 Å². The first-order valence-electron chi connectivity index (χ1n) is 10.1. The van der Waals surface area contributed by atoms with Gasteiger partial charge < -0.3 is 26.8 Å². The summed E-state index contributed by atoms with van der Waals surface area (Å²) >= 11 is 0. The Morgan fingerprint density at radius 3 is 2.50 bits per heavy atom. The molecule has 2 fully saturated rings. The fourth-order valence-corrected chi connectivity index (χ4v) is 4.12. The molecule has 6 N–H and O–H groups in total. The van der Waals surface area contributed by atoms with E-state index in [1.807, 2.05) is 0 Å². The van der Waals surface area contributed by atoms with Crippen LogP contribution in [0.3, 0.4) is 0 Å². The molecule has 0 bridgehead atoms. The van der Waals surface area contributed by atoms with Crippen LogP contribution in [0.4, 0.5) is 11.8 Å². The topological polar surface area (TPSA) is 142 Å². The number of amides is 2. The maximum atomic E-state index is 11.8. The number of nitrogens with two attached hydrogens (primary N) is 1. The Hall–Kier alpha value is -2.42. The van der Waals surface area contributed by atoms with Crippen molar-refractivity contribution in [2.45, 2.75) is 69.6 Å². The van der Waals surface area contributed by atoms with Crippen molar-refractivity contribution in [3.8, 4) is 0 Å². The monoisotopic (exact) mass is 390 g/mol. The highest BCUT2D eigenvalue weighted by Gasteiger charge is 2.27. The van der Waals surface area contributed by atoms with Crippen LogP contribution in [-0.4, -0.2) is 52.1 Å². The van der Waals surface area contributed by atoms with Gasteiger partial charge in [0.05, 0.1) is 11.7 Å². The van der Waals surface area contributed by atoms with E-state index < -0.39 is 5.91 Å². The predicted molar refractivity (Wildman–Crippen MR) is 106 cm³/mol. The number of hydrogen-bond acceptors (Lipinski definition) is 7. The summed E-state index contributed by atoms with van der Waals surface area (Å²) in [6, 6.07) is 0.234. The number of rotatable bonds is 6. The van der Waals surface area contributed by atoms with Gasteiger partial charge in [0.2, 0.25) is 11.9 Å². The molecule has 2 atom stereocenters. The SMILES string of the molecule is CNC(=O)[C@H]1CC[C@H](Nc2ncc(C(N)=O)c(N[C@@H]3CCC[C@H](O)C3)n2)CC1. The van der Waals surface area contributed by atoms with Crippen molar-refractivity contribution < 1.29 is 14.7 Å². The Morgan fingerprint density at radius 2 is 1.86 bits per heavy atom. The molecule has 2 aliphatic carbocycles. The Labute approximate surface area is 164 Å². The zero-order valence-electron chi connectivity index (χ0n) is 16.3. The first-order chi connectivity index (χ1) is 13.5. The lowest BCUT2D eigenvalue weighted by Gasteiger charge is -2.29. The Bertz CT molecular complexity index is 705. The highest BCUT2D eigenvalue weighted by atomic mass is 16.3. The molecule has 9 nitrogen and oxygen atoms in total. The molecular formula is C19H30N6O3. The van der Waals surface area contributed by atoms with E-state index in [4.69, 9.17) is 5.73 Å². The summed E-state index contributed by atoms with van der Waals surface area (Å²) in [5, 5.41) is 19.2. The number of nitrogens with zero attached hydrogens (tertiary/aromatic N) is 2. The number of carbonyl (C=O) groups excluding carboxylic acids is 2. The lowest BCUT2D eigenvalue weighted by atomic mass is 9.85. The number of nitrogens with one attached hydrogen (secondary N) is 3. The molecule has 1 heterocycles. The number of aliphatic hydroxyl groups is 1. The fourth-order valence-electron chi connectivity index (χ4n) is 4.12. The molecule has 0 aromatic carbocycles. The second-order valence-electron chi connectivity index (χ2n) is 7.79. The maximum absolute atomic E-state index is 11.8. The molecule has 0 unspecified atom stereocenters. The standard InChI is InChI=1S/C19H30N6O3/c1-21-18(28)11-5-7-12(8-6-11)24-19-22-10-15(16(20)27)17(25-19)23-13-3-2-4-14(26)9-13/h10-14,26H,2-9H2,1H3,(H2,20,27)(H,21,28)(H2,22,23,24,25)/t11-,12-,13-,14+/m1/s1. The van der Waals surface area contributed by atoms with Crippen molar-refractivity contribution in [3.05, 3.63) is 11.8 Å². The van der Waals surface area contributed by atoms with Gasteiger partial charge in [-0.1, -0.05) is 0 Å². The van der Waals surface area contributed by atoms with Crippen LogP contribution in [-0.2, 0) is 4.79 Å². The van der Waals surface area contributed by atoms with Gasteiger partial charge in [-0.15, -0.1) is 0 Å². The van der Waals surface area contributed by atoms with Gasteiger partial charge >= 0.3 is 0 Å². The summed E-state index contributed by atoms with van der Waals surface area (Å²) < 4.78 is 0. The Morgan fingerprint density at radius 1 is 1.11 bits per heavy atom. The minimum atomic E-state index is -0.587. The molecule has 9 heteroatoms. The van der Waals surface area contributed by atoms with E-state index in [9.17, 15) is 14.7 Å². The van der Waals surface area contributed by atoms with Crippen LogP contribution >= 0.6 is 0 Å². The molecule has 0 aliphatic heterocycles. The van der Waals surface area contributed by atoms with Crippen molar-refractivity contribution >= 4 is 23.6 Å². The van der Waals surface area contributed by atoms with Crippen molar-refractivity contribution in [1.82, 2.24) is 15.3 Å². The van der Waals surface area contributed by atoms with Crippen LogP contribution in [0.5, 0.6) is 0 Å². The lowest BCUT2D eigenvalue weighted by Crippen LogP contribution is -2.34. The fraction of sp³-hybridized carbons (Fsp3) is 0.684. The van der Waals surface area contributed by atoms with Crippen molar-refractivity contribution in [2.75, 3.05) is 17.7 Å². The van der Waals surface area contributed by atoms with E-state index in [2.05, 4.69) is 25.9 Å². The minimum absolute atomic E-state index is 0.0487. The van der Waals surface area contributed by atoms with Crippen molar-refractivity contribution in [3.63, 3.8) is 0 Å². The maximum Gasteiger partial charge on any atom is 0.254 e. The molecule has 3 rings (SSSR count). The molecule has 2 amide bonds. The second kappa shape index (κ2) is 9.18. The van der Waals surface area contributed by atoms with E-state index in [1.54, 1.807) is 7.05 Å². The average Bonchev–Trinajstić information content (AvgIpc) is 2.68. The number of aromatic nitrogens is 2. The molecule has 0 radical (unpaired) electrons. The average molecular weight is 390 g/mol. The molecule has 1 aromatic heterocycles. The van der Waals surface area contributed by atoms with Gasteiger partial charge in [-0.3, -0.25) is 9.59 Å². The third-order valence-corrected chi connectivity index (χ3v) is 5.72. The number of hydrogen-bond donors (Lipinski definition) is 5. The predicted octanol–water partition coefficient (Wildman–Crippen LogP) is 1.01. The number of aliphatic hydroxyl groups excluding tert-OH is 1. The van der Waals surface area contributed by atoms with Crippen LogP contribution in [0.25, 0.3) is 0 Å². The van der Waals surface area contributed by atoms with Crippen LogP contribution in [0.15, 0.2) is 6.20 Å². The number of carbonyl (C=O) groups is 2. The summed E-state index contributed by atoms with van der Waals surface area (Å²) in [4.78, 5) is 32.2. The third kappa shape index (κ3) is 5.09. The van der Waals surface area contributed by atoms with E-state index in [1.165, 1.54) is 6.20 Å². The van der Waals surface area contributed by atoms with Crippen LogP contribution in [0.1, 0.15) is 61.7 Å². The van der Waals surface area contributed by atoms with Crippen LogP contribution in [0, 0.1) is 5.92 Å². The zero-order valence-corrected chi connectivity index (χ0v) is 16.3. The quantitative estimate of drug-likeness (QED) is 0.488. The van der Waals surface area contributed by atoms with E-state index in [0.29, 0.717) is 18.2 Å². The van der Waals surface area contributed by atoms with E-state index in [0.717, 1.165) is 44.9 Å². The zero-order chi connectivity index (χ0) is 20.1. The summed E-state index contributed by atoms with van der Waals surface area (Å²) in [5.41, 5.74) is 5.72. The van der Waals surface area contributed by atoms with Crippen molar-refractivity contribution in [2.24, 2.45) is 11.7 Å². The molecule has 2 aliphatic rings. The van der Waals surface area contributed by atoms with E-state index >= 15 is 0 Å². The highest BCUT2D eigenvalue weighted by Crippen LogP contribution is 2.27. The highest BCUT2D eigenvalue weighted by molar-refractivity contribution is 5.97. The summed E-state index contributed by atoms with van der Waals surface area (Å²) in [6.45, 7) is 0. The van der Waals surface area contributed by atoms with Crippen molar-refractivity contribution in [1.29, 1.82) is 0 Å². The van der Waals surface area contributed by atoms with Crippen LogP contribution in [0.2, 0.25) is 0 Å². The number of anilines is 2. The van der Waals surface area contributed by atoms with Gasteiger partial charge in [0.25, 0.3) is 5.91 Å². The molecule has 2 saturated carbocycles. The lowest BCUT2D eigenvalue weighted by molar-refractivity contribution is -0.125. The molecule has 0 saturated heterocycles. The first-order valence-corrected chi connectivity index (χ1v) is 10.1. The third-order valence-electron chi connectivity index (χ3n) is 5.72. The van der Waals surface area contributed by atoms with Crippen LogP contribution < -0.4 is 21.7 Å². The van der Waals surface area contributed by atoms with Gasteiger partial charge in [-0.25, -0.2) is 4.98 Å². The Kier molecular flexibility index (Phi) is 6.66. The molecule has 1 aromatic rings. The van der Waals surface area contributed by atoms with Gasteiger partial charge in [-0.05, 0) is 51.4 Å². The van der Waals surface area contributed by atoms with E-state index in [-0.39, 0.29) is 35.6 Å². The Balaban J connectivity index is 1.65. The summed E-state index contributed by atoms with van der Waals surface area (Å²) in [5.74, 6) is 0.421. The summed E-state index contributed by atoms with van der Waals surface area (Å²) in [7, 11) is 1.67. The van der Waals surface area contributed by atoms with Gasteiger partial charge in [0.1, 0.15) is 5.82 Å². The molecular weight excluding hydrogens is 360 g/mol. The van der Waals surface area contributed by atoms with Gasteiger partial charge in [0.15, 0.2) is 0 Å². The molecule has 0 spiro atoms. The normalized spacial score (nSPS) is 27.6. The first kappa shape index (κ1) is 20.3. The minimum Gasteiger partial charge on any atom is -0.393 e. The smallest absolute Gasteiger partial charge is 0.254 e. The molecule has 28 heavy (non-hydrogen) atoms. The molecule has 154 valence electrons. The summed E-state index contributed by atoms with van der Waals surface area (Å²) in [6.07, 6.45) is 7.72. The number of primary amides is 1. The second-order valence-corrected chi connectivity index (χ2v) is 7.79. The van der Waals surface area contributed by atoms with Gasteiger partial charge in [-0.2, -0.15) is 4.98 Å².